The molecule has 0 saturated carbocycles. The lowest BCUT2D eigenvalue weighted by molar-refractivity contribution is 0.180. The van der Waals surface area contributed by atoms with E-state index in [2.05, 4.69) is 15.4 Å². The fourth-order valence-electron chi connectivity index (χ4n) is 3.35. The lowest BCUT2D eigenvalue weighted by atomic mass is 9.97. The second-order valence-corrected chi connectivity index (χ2v) is 7.14. The van der Waals surface area contributed by atoms with E-state index in [1.165, 1.54) is 4.88 Å². The van der Waals surface area contributed by atoms with Gasteiger partial charge < -0.3 is 10.1 Å². The van der Waals surface area contributed by atoms with Gasteiger partial charge in [-0.2, -0.15) is 5.10 Å². The molecule has 4 rings (SSSR count). The smallest absolute Gasteiger partial charge is 0.267 e. The van der Waals surface area contributed by atoms with Crippen LogP contribution < -0.4 is 10.9 Å². The average Bonchev–Trinajstić information content (AvgIpc) is 3.23. The van der Waals surface area contributed by atoms with E-state index in [-0.39, 0.29) is 17.6 Å². The standard InChI is InChI=1S/C16H20N4O2S/c21-16-5-11-3-1-2-4-13(11)19-20(16)15-9-22-8-14(15)18-7-12-6-17-10-23-12/h5-6,10,14-15,18H,1-4,7-9H2. The second-order valence-electron chi connectivity index (χ2n) is 6.17. The summed E-state index contributed by atoms with van der Waals surface area (Å²) >= 11 is 1.63. The molecule has 2 aliphatic rings. The van der Waals surface area contributed by atoms with Crippen molar-refractivity contribution in [2.75, 3.05) is 13.2 Å². The maximum Gasteiger partial charge on any atom is 0.267 e. The molecular weight excluding hydrogens is 312 g/mol. The van der Waals surface area contributed by atoms with Crippen molar-refractivity contribution >= 4 is 11.3 Å². The topological polar surface area (TPSA) is 69.0 Å². The largest absolute Gasteiger partial charge is 0.377 e. The number of rotatable bonds is 4. The predicted molar refractivity (Wildman–Crippen MR) is 87.7 cm³/mol. The highest BCUT2D eigenvalue weighted by Crippen LogP contribution is 2.21. The van der Waals surface area contributed by atoms with Crippen molar-refractivity contribution in [1.29, 1.82) is 0 Å². The third kappa shape index (κ3) is 3.08. The highest BCUT2D eigenvalue weighted by molar-refractivity contribution is 7.09. The third-order valence-electron chi connectivity index (χ3n) is 4.62. The molecule has 2 aromatic heterocycles. The minimum Gasteiger partial charge on any atom is -0.377 e. The van der Waals surface area contributed by atoms with Crippen molar-refractivity contribution in [3.05, 3.63) is 44.3 Å². The molecule has 2 aromatic rings. The number of aryl methyl sites for hydroxylation is 2. The summed E-state index contributed by atoms with van der Waals surface area (Å²) in [6.07, 6.45) is 6.14. The Kier molecular flexibility index (Phi) is 4.24. The first kappa shape index (κ1) is 15.0. The van der Waals surface area contributed by atoms with E-state index < -0.39 is 0 Å². The fraction of sp³-hybridized carbons (Fsp3) is 0.562. The summed E-state index contributed by atoms with van der Waals surface area (Å²) in [5, 5.41) is 8.15. The second kappa shape index (κ2) is 6.51. The van der Waals surface area contributed by atoms with Crippen LogP contribution in [0.4, 0.5) is 0 Å². The molecule has 122 valence electrons. The zero-order valence-electron chi connectivity index (χ0n) is 12.9. The Hall–Kier alpha value is -1.57. The summed E-state index contributed by atoms with van der Waals surface area (Å²) < 4.78 is 7.26. The number of aromatic nitrogens is 3. The summed E-state index contributed by atoms with van der Waals surface area (Å²) in [5.74, 6) is 0. The number of nitrogens with zero attached hydrogens (tertiary/aromatic N) is 3. The molecule has 0 radical (unpaired) electrons. The predicted octanol–water partition coefficient (Wildman–Crippen LogP) is 1.31. The summed E-state index contributed by atoms with van der Waals surface area (Å²) in [4.78, 5) is 17.7. The van der Waals surface area contributed by atoms with E-state index >= 15 is 0 Å². The molecule has 6 nitrogen and oxygen atoms in total. The zero-order valence-corrected chi connectivity index (χ0v) is 13.7. The molecule has 1 fully saturated rings. The quantitative estimate of drug-likeness (QED) is 0.914. The van der Waals surface area contributed by atoms with Crippen LogP contribution in [-0.4, -0.2) is 34.0 Å². The molecule has 2 atom stereocenters. The first-order valence-corrected chi connectivity index (χ1v) is 8.99. The van der Waals surface area contributed by atoms with Crippen LogP contribution in [0, 0.1) is 0 Å². The van der Waals surface area contributed by atoms with Gasteiger partial charge in [-0.1, -0.05) is 0 Å². The van der Waals surface area contributed by atoms with Crippen LogP contribution in [0.3, 0.4) is 0 Å². The van der Waals surface area contributed by atoms with Gasteiger partial charge in [-0.15, -0.1) is 11.3 Å². The molecule has 3 heterocycles. The minimum absolute atomic E-state index is 0.00857. The van der Waals surface area contributed by atoms with Crippen molar-refractivity contribution < 1.29 is 4.74 Å². The number of fused-ring (bicyclic) bond motifs is 1. The summed E-state index contributed by atoms with van der Waals surface area (Å²) in [5.41, 5.74) is 4.04. The van der Waals surface area contributed by atoms with E-state index in [4.69, 9.17) is 4.74 Å². The monoisotopic (exact) mass is 332 g/mol. The van der Waals surface area contributed by atoms with Crippen molar-refractivity contribution in [2.24, 2.45) is 0 Å². The number of thiazole rings is 1. The van der Waals surface area contributed by atoms with Crippen LogP contribution in [0.5, 0.6) is 0 Å². The van der Waals surface area contributed by atoms with Crippen molar-refractivity contribution in [1.82, 2.24) is 20.1 Å². The molecule has 0 spiro atoms. The van der Waals surface area contributed by atoms with E-state index in [1.54, 1.807) is 22.1 Å². The van der Waals surface area contributed by atoms with Crippen LogP contribution in [0.2, 0.25) is 0 Å². The van der Waals surface area contributed by atoms with Crippen molar-refractivity contribution in [3.63, 3.8) is 0 Å². The lowest BCUT2D eigenvalue weighted by Gasteiger charge is -2.22. The minimum atomic E-state index is -0.0392. The van der Waals surface area contributed by atoms with Crippen molar-refractivity contribution in [3.8, 4) is 0 Å². The first-order chi connectivity index (χ1) is 11.3. The van der Waals surface area contributed by atoms with Crippen LogP contribution in [0.25, 0.3) is 0 Å². The van der Waals surface area contributed by atoms with Crippen LogP contribution in [0.1, 0.15) is 35.0 Å². The van der Waals surface area contributed by atoms with Gasteiger partial charge >= 0.3 is 0 Å². The fourth-order valence-corrected chi connectivity index (χ4v) is 3.90. The normalized spacial score (nSPS) is 23.8. The molecule has 0 aromatic carbocycles. The maximum atomic E-state index is 12.5. The average molecular weight is 332 g/mol. The third-order valence-corrected chi connectivity index (χ3v) is 5.40. The van der Waals surface area contributed by atoms with E-state index in [9.17, 15) is 4.79 Å². The molecule has 1 saturated heterocycles. The van der Waals surface area contributed by atoms with Gasteiger partial charge in [0.05, 0.1) is 36.5 Å². The Bertz CT molecular complexity index is 728. The van der Waals surface area contributed by atoms with Gasteiger partial charge in [-0.25, -0.2) is 4.68 Å². The lowest BCUT2D eigenvalue weighted by Crippen LogP contribution is -2.41. The Labute approximate surface area is 138 Å². The number of hydrogen-bond donors (Lipinski definition) is 1. The van der Waals surface area contributed by atoms with Gasteiger partial charge in [0.15, 0.2) is 0 Å². The molecule has 0 amide bonds. The SMILES string of the molecule is O=c1cc2c(nn1C1COCC1NCc1cncs1)CCCC2. The highest BCUT2D eigenvalue weighted by atomic mass is 32.1. The van der Waals surface area contributed by atoms with Crippen LogP contribution in [-0.2, 0) is 24.1 Å². The Morgan fingerprint density at radius 3 is 3.13 bits per heavy atom. The van der Waals surface area contributed by atoms with Gasteiger partial charge in [-0.05, 0) is 31.2 Å². The van der Waals surface area contributed by atoms with Gasteiger partial charge in [0.2, 0.25) is 0 Å². The number of nitrogens with one attached hydrogen (secondary N) is 1. The Morgan fingerprint density at radius 2 is 2.26 bits per heavy atom. The molecule has 1 aliphatic heterocycles. The van der Waals surface area contributed by atoms with E-state index in [0.717, 1.165) is 43.5 Å². The molecule has 0 bridgehead atoms. The molecule has 1 N–H and O–H groups in total. The zero-order chi connectivity index (χ0) is 15.6. The summed E-state index contributed by atoms with van der Waals surface area (Å²) in [6.45, 7) is 1.88. The summed E-state index contributed by atoms with van der Waals surface area (Å²) in [6, 6.07) is 1.84. The molecule has 1 aliphatic carbocycles. The maximum absolute atomic E-state index is 12.5. The molecule has 7 heteroatoms. The van der Waals surface area contributed by atoms with Crippen molar-refractivity contribution in [2.45, 2.75) is 44.3 Å². The molecule has 2 unspecified atom stereocenters. The Morgan fingerprint density at radius 1 is 1.35 bits per heavy atom. The number of ether oxygens (including phenoxy) is 1. The first-order valence-electron chi connectivity index (χ1n) is 8.11. The van der Waals surface area contributed by atoms with Gasteiger partial charge in [0.25, 0.3) is 5.56 Å². The number of hydrogen-bond acceptors (Lipinski definition) is 6. The van der Waals surface area contributed by atoms with Gasteiger partial charge in [0.1, 0.15) is 0 Å². The van der Waals surface area contributed by atoms with E-state index in [1.807, 2.05) is 11.7 Å². The van der Waals surface area contributed by atoms with Gasteiger partial charge in [-0.3, -0.25) is 9.78 Å². The van der Waals surface area contributed by atoms with Gasteiger partial charge in [0, 0.05) is 23.7 Å². The van der Waals surface area contributed by atoms with Crippen LogP contribution in [0.15, 0.2) is 22.6 Å². The van der Waals surface area contributed by atoms with Crippen LogP contribution >= 0.6 is 11.3 Å². The molecular formula is C16H20N4O2S. The summed E-state index contributed by atoms with van der Waals surface area (Å²) in [7, 11) is 0. The highest BCUT2D eigenvalue weighted by Gasteiger charge is 2.31. The van der Waals surface area contributed by atoms with E-state index in [0.29, 0.717) is 13.2 Å². The molecule has 23 heavy (non-hydrogen) atoms. The Balaban J connectivity index is 1.55.